The van der Waals surface area contributed by atoms with Gasteiger partial charge in [-0.2, -0.15) is 0 Å². The fourth-order valence-corrected chi connectivity index (χ4v) is 0.895. The lowest BCUT2D eigenvalue weighted by Gasteiger charge is -1.89. The first kappa shape index (κ1) is 7.05. The Morgan fingerprint density at radius 2 is 2.20 bits per heavy atom. The van der Waals surface area contributed by atoms with Crippen LogP contribution in [0.5, 0.6) is 0 Å². The number of hydrogen-bond donors (Lipinski definition) is 0. The van der Waals surface area contributed by atoms with Crippen molar-refractivity contribution in [3.8, 4) is 0 Å². The van der Waals surface area contributed by atoms with Gasteiger partial charge in [-0.1, -0.05) is 13.8 Å². The van der Waals surface area contributed by atoms with Gasteiger partial charge in [-0.05, 0) is 4.90 Å². The predicted octanol–water partition coefficient (Wildman–Crippen LogP) is 0.433. The zero-order valence-corrected chi connectivity index (χ0v) is 6.13. The van der Waals surface area contributed by atoms with E-state index in [2.05, 4.69) is 9.79 Å². The van der Waals surface area contributed by atoms with E-state index in [1.54, 1.807) is 0 Å². The molecule has 4 nitrogen and oxygen atoms in total. The summed E-state index contributed by atoms with van der Waals surface area (Å²) in [4.78, 5) is 0.471. The van der Waals surface area contributed by atoms with Crippen LogP contribution in [0.2, 0.25) is 0 Å². The van der Waals surface area contributed by atoms with Gasteiger partial charge in [0.2, 0.25) is 5.69 Å². The summed E-state index contributed by atoms with van der Waals surface area (Å²) < 4.78 is 4.39. The summed E-state index contributed by atoms with van der Waals surface area (Å²) in [5.41, 5.74) is 1.40. The monoisotopic (exact) mass is 142 g/mol. The lowest BCUT2D eigenvalue weighted by molar-refractivity contribution is -0.807. The molecule has 56 valence electrons. The topological polar surface area (TPSA) is 53.0 Å². The molecule has 0 bridgehead atoms. The quantitative estimate of drug-likeness (QED) is 0.563. The summed E-state index contributed by atoms with van der Waals surface area (Å²) in [6.45, 7) is 3.84. The van der Waals surface area contributed by atoms with Gasteiger partial charge in [0.1, 0.15) is 0 Å². The van der Waals surface area contributed by atoms with E-state index in [9.17, 15) is 5.21 Å². The molecule has 0 fully saturated rings. The Morgan fingerprint density at radius 3 is 2.60 bits per heavy atom. The first-order chi connectivity index (χ1) is 4.79. The van der Waals surface area contributed by atoms with Crippen LogP contribution >= 0.6 is 0 Å². The molecule has 4 heteroatoms. The number of hydrogen-bond acceptors (Lipinski definition) is 3. The number of aromatic nitrogens is 2. The van der Waals surface area contributed by atoms with Gasteiger partial charge >= 0.3 is 0 Å². The van der Waals surface area contributed by atoms with Gasteiger partial charge in [0.15, 0.2) is 5.69 Å². The molecule has 0 saturated heterocycles. The molecule has 1 rings (SSSR count). The Hall–Kier alpha value is -1.06. The molecular weight excluding hydrogens is 132 g/mol. The van der Waals surface area contributed by atoms with Crippen LogP contribution in [0, 0.1) is 5.21 Å². The molecule has 0 saturated carbocycles. The van der Waals surface area contributed by atoms with Crippen LogP contribution in [0.15, 0.2) is 4.63 Å². The third kappa shape index (κ3) is 0.964. The fraction of sp³-hybridized carbons (Fsp3) is 0.667. The third-order valence-electron chi connectivity index (χ3n) is 1.45. The Bertz CT molecular complexity index is 220. The highest BCUT2D eigenvalue weighted by Gasteiger charge is 2.13. The van der Waals surface area contributed by atoms with Crippen LogP contribution in [0.1, 0.15) is 25.2 Å². The minimum atomic E-state index is 0.471. The zero-order chi connectivity index (χ0) is 7.56. The lowest BCUT2D eigenvalue weighted by Crippen LogP contribution is -2.27. The smallest absolute Gasteiger partial charge is 0.220 e. The van der Waals surface area contributed by atoms with Crippen LogP contribution in [-0.2, 0) is 12.8 Å². The molecule has 0 amide bonds. The highest BCUT2D eigenvalue weighted by molar-refractivity contribution is 5.02. The molecule has 0 unspecified atom stereocenters. The van der Waals surface area contributed by atoms with Gasteiger partial charge < -0.3 is 5.21 Å². The number of aryl methyl sites for hydroxylation is 1. The van der Waals surface area contributed by atoms with Crippen LogP contribution in [-0.4, -0.2) is 5.16 Å². The molecule has 0 aromatic carbocycles. The minimum absolute atomic E-state index is 0.471. The molecular formula is C6H10N2O2. The standard InChI is InChI=1S/C6H10N2O2/c1-3-5-6(4-2)8(9)10-7-5/h3-4H2,1-2H3. The largest absolute Gasteiger partial charge is 0.359 e. The second kappa shape index (κ2) is 2.68. The molecule has 1 heterocycles. The van der Waals surface area contributed by atoms with Crippen molar-refractivity contribution >= 4 is 0 Å². The van der Waals surface area contributed by atoms with Gasteiger partial charge in [0.05, 0.1) is 0 Å². The first-order valence-corrected chi connectivity index (χ1v) is 3.37. The van der Waals surface area contributed by atoms with Crippen LogP contribution in [0.3, 0.4) is 0 Å². The maximum atomic E-state index is 10.7. The molecule has 0 aliphatic heterocycles. The van der Waals surface area contributed by atoms with Gasteiger partial charge in [0, 0.05) is 18.0 Å². The highest BCUT2D eigenvalue weighted by Crippen LogP contribution is 2.00. The van der Waals surface area contributed by atoms with Crippen LogP contribution in [0.4, 0.5) is 0 Å². The molecule has 1 aromatic rings. The van der Waals surface area contributed by atoms with E-state index in [4.69, 9.17) is 0 Å². The summed E-state index contributed by atoms with van der Waals surface area (Å²) in [5, 5.41) is 14.3. The Labute approximate surface area is 59.0 Å². The molecule has 0 atom stereocenters. The van der Waals surface area contributed by atoms with E-state index >= 15 is 0 Å². The zero-order valence-electron chi connectivity index (χ0n) is 6.13. The maximum Gasteiger partial charge on any atom is 0.220 e. The molecule has 0 N–H and O–H groups in total. The van der Waals surface area contributed by atoms with Crippen LogP contribution < -0.4 is 4.90 Å². The second-order valence-electron chi connectivity index (χ2n) is 2.03. The van der Waals surface area contributed by atoms with Crippen molar-refractivity contribution in [1.29, 1.82) is 0 Å². The van der Waals surface area contributed by atoms with E-state index in [1.807, 2.05) is 13.8 Å². The van der Waals surface area contributed by atoms with Crippen molar-refractivity contribution in [3.05, 3.63) is 16.6 Å². The molecule has 1 aromatic heterocycles. The summed E-state index contributed by atoms with van der Waals surface area (Å²) in [5.74, 6) is 0. The lowest BCUT2D eigenvalue weighted by atomic mass is 10.2. The number of nitrogens with zero attached hydrogens (tertiary/aromatic N) is 2. The van der Waals surface area contributed by atoms with E-state index in [-0.39, 0.29) is 0 Å². The summed E-state index contributed by atoms with van der Waals surface area (Å²) >= 11 is 0. The third-order valence-corrected chi connectivity index (χ3v) is 1.45. The normalized spacial score (nSPS) is 10.2. The van der Waals surface area contributed by atoms with Crippen molar-refractivity contribution in [2.75, 3.05) is 0 Å². The SMILES string of the molecule is CCc1no[n+]([O-])c1CC. The van der Waals surface area contributed by atoms with Crippen LogP contribution in [0.25, 0.3) is 0 Å². The Morgan fingerprint density at radius 1 is 1.50 bits per heavy atom. The highest BCUT2D eigenvalue weighted by atomic mass is 16.8. The summed E-state index contributed by atoms with van der Waals surface area (Å²) in [6.07, 6.45) is 1.43. The van der Waals surface area contributed by atoms with E-state index in [0.717, 1.165) is 12.1 Å². The van der Waals surface area contributed by atoms with Crippen molar-refractivity contribution in [1.82, 2.24) is 5.16 Å². The van der Waals surface area contributed by atoms with Crippen molar-refractivity contribution in [2.24, 2.45) is 0 Å². The van der Waals surface area contributed by atoms with Gasteiger partial charge in [-0.25, -0.2) is 0 Å². The average Bonchev–Trinajstić information content (AvgIpc) is 2.30. The molecule has 0 aliphatic rings. The van der Waals surface area contributed by atoms with E-state index in [0.29, 0.717) is 17.0 Å². The first-order valence-electron chi connectivity index (χ1n) is 3.37. The number of rotatable bonds is 2. The average molecular weight is 142 g/mol. The predicted molar refractivity (Wildman–Crippen MR) is 34.2 cm³/mol. The van der Waals surface area contributed by atoms with Crippen molar-refractivity contribution in [2.45, 2.75) is 26.7 Å². The molecule has 0 spiro atoms. The van der Waals surface area contributed by atoms with E-state index < -0.39 is 0 Å². The molecule has 0 radical (unpaired) electrons. The summed E-state index contributed by atoms with van der Waals surface area (Å²) in [6, 6.07) is 0. The van der Waals surface area contributed by atoms with Crippen molar-refractivity contribution < 1.29 is 9.53 Å². The second-order valence-corrected chi connectivity index (χ2v) is 2.03. The minimum Gasteiger partial charge on any atom is -0.359 e. The van der Waals surface area contributed by atoms with Gasteiger partial charge in [-0.3, -0.25) is 4.63 Å². The molecule has 10 heavy (non-hydrogen) atoms. The maximum absolute atomic E-state index is 10.7. The summed E-state index contributed by atoms with van der Waals surface area (Å²) in [7, 11) is 0. The Balaban J connectivity index is 3.01. The van der Waals surface area contributed by atoms with Gasteiger partial charge in [0.25, 0.3) is 0 Å². The van der Waals surface area contributed by atoms with E-state index in [1.165, 1.54) is 0 Å². The molecule has 0 aliphatic carbocycles. The fourth-order valence-electron chi connectivity index (χ4n) is 0.895. The van der Waals surface area contributed by atoms with Crippen molar-refractivity contribution in [3.63, 3.8) is 0 Å². The van der Waals surface area contributed by atoms with Gasteiger partial charge in [-0.15, -0.1) is 0 Å². The Kier molecular flexibility index (Phi) is 1.89.